The molecular formula is C39H27N3. The van der Waals surface area contributed by atoms with Gasteiger partial charge < -0.3 is 0 Å². The van der Waals surface area contributed by atoms with Crippen molar-refractivity contribution in [3.63, 3.8) is 0 Å². The van der Waals surface area contributed by atoms with Gasteiger partial charge in [0.15, 0.2) is 5.82 Å². The van der Waals surface area contributed by atoms with Crippen molar-refractivity contribution in [1.82, 2.24) is 14.5 Å². The van der Waals surface area contributed by atoms with Crippen molar-refractivity contribution in [1.29, 1.82) is 0 Å². The molecule has 0 spiro atoms. The third kappa shape index (κ3) is 3.16. The molecule has 6 aromatic carbocycles. The molecule has 3 nitrogen and oxygen atoms in total. The third-order valence-electron chi connectivity index (χ3n) is 9.16. The lowest BCUT2D eigenvalue weighted by atomic mass is 9.82. The fourth-order valence-corrected chi connectivity index (χ4v) is 7.08. The van der Waals surface area contributed by atoms with E-state index in [1.165, 1.54) is 43.8 Å². The van der Waals surface area contributed by atoms with E-state index in [1.807, 2.05) is 12.1 Å². The average molecular weight is 538 g/mol. The van der Waals surface area contributed by atoms with Gasteiger partial charge in [0.1, 0.15) is 5.69 Å². The first-order valence-electron chi connectivity index (χ1n) is 14.5. The second kappa shape index (κ2) is 8.37. The molecule has 0 fully saturated rings. The zero-order valence-electron chi connectivity index (χ0n) is 23.5. The third-order valence-corrected chi connectivity index (χ3v) is 9.16. The number of fused-ring (bicyclic) bond motifs is 8. The molecule has 8 aromatic rings. The standard InChI is InChI=1S/C39H27N3/c1-39(2)31-15-7-5-13-27(31)28-20-19-26(22-32(28)39)37-38(41-34-17-9-8-16-33(34)40-37)42-35-18-10-6-14-29(35)30-21-24-11-3-4-12-25(24)23-36(30)42/h3-23H,1-2H3. The Balaban J connectivity index is 1.38. The molecule has 0 saturated heterocycles. The maximum atomic E-state index is 5.34. The van der Waals surface area contributed by atoms with E-state index in [9.17, 15) is 0 Å². The highest BCUT2D eigenvalue weighted by molar-refractivity contribution is 6.14. The minimum Gasteiger partial charge on any atom is -0.292 e. The summed E-state index contributed by atoms with van der Waals surface area (Å²) in [5.41, 5.74) is 11.2. The maximum absolute atomic E-state index is 5.34. The maximum Gasteiger partial charge on any atom is 0.165 e. The summed E-state index contributed by atoms with van der Waals surface area (Å²) in [6.07, 6.45) is 0. The van der Waals surface area contributed by atoms with E-state index in [2.05, 4.69) is 134 Å². The van der Waals surface area contributed by atoms with Gasteiger partial charge in [-0.3, -0.25) is 4.57 Å². The largest absolute Gasteiger partial charge is 0.292 e. The summed E-state index contributed by atoms with van der Waals surface area (Å²) in [6.45, 7) is 4.65. The lowest BCUT2D eigenvalue weighted by Gasteiger charge is -2.22. The first-order valence-corrected chi connectivity index (χ1v) is 14.5. The highest BCUT2D eigenvalue weighted by atomic mass is 15.1. The Labute approximate surface area is 243 Å². The monoisotopic (exact) mass is 537 g/mol. The predicted molar refractivity (Wildman–Crippen MR) is 174 cm³/mol. The Morgan fingerprint density at radius 1 is 0.524 bits per heavy atom. The van der Waals surface area contributed by atoms with E-state index in [4.69, 9.17) is 9.97 Å². The summed E-state index contributed by atoms with van der Waals surface area (Å²) in [5.74, 6) is 0.850. The summed E-state index contributed by atoms with van der Waals surface area (Å²) >= 11 is 0. The van der Waals surface area contributed by atoms with Gasteiger partial charge >= 0.3 is 0 Å². The minimum atomic E-state index is -0.0991. The van der Waals surface area contributed by atoms with Crippen molar-refractivity contribution >= 4 is 43.6 Å². The second-order valence-electron chi connectivity index (χ2n) is 11.9. The van der Waals surface area contributed by atoms with Crippen molar-refractivity contribution in [3.05, 3.63) is 139 Å². The Bertz CT molecular complexity index is 2390. The first kappa shape index (κ1) is 23.4. The second-order valence-corrected chi connectivity index (χ2v) is 11.9. The predicted octanol–water partition coefficient (Wildman–Crippen LogP) is 9.85. The van der Waals surface area contributed by atoms with Crippen LogP contribution in [0, 0.1) is 0 Å². The van der Waals surface area contributed by atoms with Gasteiger partial charge in [-0.1, -0.05) is 105 Å². The molecule has 3 heteroatoms. The molecule has 9 rings (SSSR count). The Kier molecular flexibility index (Phi) is 4.67. The van der Waals surface area contributed by atoms with E-state index >= 15 is 0 Å². The lowest BCUT2D eigenvalue weighted by molar-refractivity contribution is 0.660. The van der Waals surface area contributed by atoms with Crippen molar-refractivity contribution in [2.75, 3.05) is 0 Å². The summed E-state index contributed by atoms with van der Waals surface area (Å²) in [7, 11) is 0. The van der Waals surface area contributed by atoms with Crippen LogP contribution in [-0.4, -0.2) is 14.5 Å². The SMILES string of the molecule is CC1(C)c2ccccc2-c2ccc(-c3nc4ccccc4nc3-n3c4ccccc4c4cc5ccccc5cc43)cc21. The summed E-state index contributed by atoms with van der Waals surface area (Å²) in [4.78, 5) is 10.7. The van der Waals surface area contributed by atoms with Gasteiger partial charge in [-0.25, -0.2) is 9.97 Å². The number of aromatic nitrogens is 3. The smallest absolute Gasteiger partial charge is 0.165 e. The Hall–Kier alpha value is -5.28. The van der Waals surface area contributed by atoms with Crippen molar-refractivity contribution < 1.29 is 0 Å². The molecule has 0 N–H and O–H groups in total. The Morgan fingerprint density at radius 2 is 1.19 bits per heavy atom. The highest BCUT2D eigenvalue weighted by Crippen LogP contribution is 2.50. The number of hydrogen-bond acceptors (Lipinski definition) is 2. The van der Waals surface area contributed by atoms with Crippen molar-refractivity contribution in [3.8, 4) is 28.2 Å². The van der Waals surface area contributed by atoms with Crippen LogP contribution in [0.15, 0.2) is 127 Å². The van der Waals surface area contributed by atoms with E-state index < -0.39 is 0 Å². The summed E-state index contributed by atoms with van der Waals surface area (Å²) in [6, 6.07) is 45.7. The van der Waals surface area contributed by atoms with Gasteiger partial charge in [-0.05, 0) is 69.4 Å². The molecule has 0 bridgehead atoms. The molecule has 1 aliphatic rings. The molecule has 198 valence electrons. The highest BCUT2D eigenvalue weighted by Gasteiger charge is 2.35. The van der Waals surface area contributed by atoms with Gasteiger partial charge in [0, 0.05) is 21.8 Å². The molecule has 0 amide bonds. The van der Waals surface area contributed by atoms with E-state index in [1.54, 1.807) is 0 Å². The van der Waals surface area contributed by atoms with Gasteiger partial charge in [-0.15, -0.1) is 0 Å². The fraction of sp³-hybridized carbons (Fsp3) is 0.0769. The van der Waals surface area contributed by atoms with Crippen molar-refractivity contribution in [2.45, 2.75) is 19.3 Å². The van der Waals surface area contributed by atoms with Crippen LogP contribution in [0.4, 0.5) is 0 Å². The van der Waals surface area contributed by atoms with Crippen LogP contribution in [0.25, 0.3) is 71.8 Å². The molecule has 0 radical (unpaired) electrons. The number of benzene rings is 6. The Morgan fingerprint density at radius 3 is 2.05 bits per heavy atom. The molecule has 1 aliphatic carbocycles. The van der Waals surface area contributed by atoms with E-state index in [-0.39, 0.29) is 5.41 Å². The van der Waals surface area contributed by atoms with E-state index in [0.29, 0.717) is 0 Å². The molecular weight excluding hydrogens is 510 g/mol. The lowest BCUT2D eigenvalue weighted by Crippen LogP contribution is -2.15. The number of hydrogen-bond donors (Lipinski definition) is 0. The van der Waals surface area contributed by atoms with Crippen molar-refractivity contribution in [2.24, 2.45) is 0 Å². The average Bonchev–Trinajstić information content (AvgIpc) is 3.47. The normalized spacial score (nSPS) is 13.7. The van der Waals surface area contributed by atoms with Crippen LogP contribution in [0.2, 0.25) is 0 Å². The van der Waals surface area contributed by atoms with Crippen LogP contribution in [-0.2, 0) is 5.41 Å². The summed E-state index contributed by atoms with van der Waals surface area (Å²) < 4.78 is 2.32. The molecule has 0 saturated carbocycles. The zero-order chi connectivity index (χ0) is 28.0. The first-order chi connectivity index (χ1) is 20.6. The van der Waals surface area contributed by atoms with Crippen LogP contribution in [0.5, 0.6) is 0 Å². The molecule has 0 unspecified atom stereocenters. The summed E-state index contributed by atoms with van der Waals surface area (Å²) in [5, 5.41) is 4.87. The fourth-order valence-electron chi connectivity index (χ4n) is 7.08. The van der Waals surface area contributed by atoms with Crippen LogP contribution < -0.4 is 0 Å². The number of nitrogens with zero attached hydrogens (tertiary/aromatic N) is 3. The topological polar surface area (TPSA) is 30.7 Å². The van der Waals surface area contributed by atoms with Gasteiger partial charge in [-0.2, -0.15) is 0 Å². The van der Waals surface area contributed by atoms with Gasteiger partial charge in [0.2, 0.25) is 0 Å². The molecule has 0 atom stereocenters. The number of rotatable bonds is 2. The van der Waals surface area contributed by atoms with Gasteiger partial charge in [0.25, 0.3) is 0 Å². The molecule has 0 aliphatic heterocycles. The quantitative estimate of drug-likeness (QED) is 0.220. The molecule has 2 heterocycles. The number of para-hydroxylation sites is 3. The molecule has 42 heavy (non-hydrogen) atoms. The molecule has 2 aromatic heterocycles. The van der Waals surface area contributed by atoms with Gasteiger partial charge in [0.05, 0.1) is 22.1 Å². The zero-order valence-corrected chi connectivity index (χ0v) is 23.5. The van der Waals surface area contributed by atoms with Crippen LogP contribution in [0.1, 0.15) is 25.0 Å². The minimum absolute atomic E-state index is 0.0991. The van der Waals surface area contributed by atoms with Crippen LogP contribution in [0.3, 0.4) is 0 Å². The van der Waals surface area contributed by atoms with E-state index in [0.717, 1.165) is 39.1 Å². The van der Waals surface area contributed by atoms with Crippen LogP contribution >= 0.6 is 0 Å².